The van der Waals surface area contributed by atoms with E-state index in [9.17, 15) is 9.50 Å². The summed E-state index contributed by atoms with van der Waals surface area (Å²) < 4.78 is 15.3. The first-order valence-corrected chi connectivity index (χ1v) is 5.58. The molecule has 90 valence electrons. The molecule has 0 radical (unpaired) electrons. The minimum absolute atomic E-state index is 0.292. The van der Waals surface area contributed by atoms with E-state index in [0.29, 0.717) is 11.1 Å². The minimum atomic E-state index is -0.963. The van der Waals surface area contributed by atoms with Crippen molar-refractivity contribution in [3.8, 4) is 0 Å². The molecule has 2 aromatic rings. The van der Waals surface area contributed by atoms with Crippen LogP contribution >= 0.6 is 0 Å². The molecule has 2 rings (SSSR count). The van der Waals surface area contributed by atoms with Gasteiger partial charge in [-0.15, -0.1) is 0 Å². The molecule has 0 saturated heterocycles. The Morgan fingerprint density at radius 3 is 2.88 bits per heavy atom. The third-order valence-corrected chi connectivity index (χ3v) is 2.74. The molecule has 3 nitrogen and oxygen atoms in total. The number of halogens is 1. The first-order valence-electron chi connectivity index (χ1n) is 5.58. The summed E-state index contributed by atoms with van der Waals surface area (Å²) in [7, 11) is 0. The Labute approximate surface area is 99.5 Å². The molecule has 1 aromatic heterocycles. The van der Waals surface area contributed by atoms with Gasteiger partial charge in [-0.2, -0.15) is 5.10 Å². The lowest BCUT2D eigenvalue weighted by molar-refractivity contribution is 0.214. The second-order valence-corrected chi connectivity index (χ2v) is 4.06. The van der Waals surface area contributed by atoms with Gasteiger partial charge in [0, 0.05) is 23.9 Å². The summed E-state index contributed by atoms with van der Waals surface area (Å²) >= 11 is 0. The Morgan fingerprint density at radius 1 is 1.47 bits per heavy atom. The van der Waals surface area contributed by atoms with E-state index in [4.69, 9.17) is 0 Å². The Hall–Kier alpha value is -1.68. The number of aryl methyl sites for hydroxylation is 2. The first-order chi connectivity index (χ1) is 8.11. The van der Waals surface area contributed by atoms with Crippen molar-refractivity contribution >= 4 is 0 Å². The van der Waals surface area contributed by atoms with Gasteiger partial charge in [-0.1, -0.05) is 17.7 Å². The standard InChI is InChI=1S/C13H15FN2O/c1-3-16-8-10(7-15-16)13(17)11-6-9(2)4-5-12(11)14/h4-8,13,17H,3H2,1-2H3. The molecule has 0 spiro atoms. The topological polar surface area (TPSA) is 38.0 Å². The maximum absolute atomic E-state index is 13.6. The highest BCUT2D eigenvalue weighted by Gasteiger charge is 2.16. The Kier molecular flexibility index (Phi) is 3.24. The number of hydrogen-bond donors (Lipinski definition) is 1. The van der Waals surface area contributed by atoms with E-state index in [1.807, 2.05) is 13.8 Å². The smallest absolute Gasteiger partial charge is 0.129 e. The number of rotatable bonds is 3. The second kappa shape index (κ2) is 4.67. The quantitative estimate of drug-likeness (QED) is 0.885. The van der Waals surface area contributed by atoms with Crippen LogP contribution in [0, 0.1) is 12.7 Å². The second-order valence-electron chi connectivity index (χ2n) is 4.06. The van der Waals surface area contributed by atoms with Gasteiger partial charge >= 0.3 is 0 Å². The van der Waals surface area contributed by atoms with E-state index >= 15 is 0 Å². The highest BCUT2D eigenvalue weighted by molar-refractivity contribution is 5.31. The third kappa shape index (κ3) is 2.36. The van der Waals surface area contributed by atoms with E-state index in [1.165, 1.54) is 6.07 Å². The van der Waals surface area contributed by atoms with E-state index < -0.39 is 11.9 Å². The highest BCUT2D eigenvalue weighted by Crippen LogP contribution is 2.24. The van der Waals surface area contributed by atoms with Crippen molar-refractivity contribution in [2.24, 2.45) is 0 Å². The van der Waals surface area contributed by atoms with Crippen LogP contribution in [-0.2, 0) is 6.54 Å². The van der Waals surface area contributed by atoms with Crippen LogP contribution in [0.1, 0.15) is 29.7 Å². The summed E-state index contributed by atoms with van der Waals surface area (Å²) in [5, 5.41) is 14.2. The summed E-state index contributed by atoms with van der Waals surface area (Å²) in [6, 6.07) is 4.71. The molecular weight excluding hydrogens is 219 g/mol. The molecule has 0 aliphatic heterocycles. The molecule has 0 aliphatic carbocycles. The Morgan fingerprint density at radius 2 is 2.24 bits per heavy atom. The zero-order chi connectivity index (χ0) is 12.4. The van der Waals surface area contributed by atoms with Crippen LogP contribution in [0.15, 0.2) is 30.6 Å². The lowest BCUT2D eigenvalue weighted by Gasteiger charge is -2.10. The summed E-state index contributed by atoms with van der Waals surface area (Å²) in [5.41, 5.74) is 1.82. The van der Waals surface area contributed by atoms with E-state index in [1.54, 1.807) is 29.2 Å². The van der Waals surface area contributed by atoms with Crippen molar-refractivity contribution in [2.75, 3.05) is 0 Å². The predicted octanol–water partition coefficient (Wildman–Crippen LogP) is 2.43. The van der Waals surface area contributed by atoms with Gasteiger partial charge in [-0.3, -0.25) is 4.68 Å². The van der Waals surface area contributed by atoms with Crippen LogP contribution in [0.5, 0.6) is 0 Å². The van der Waals surface area contributed by atoms with Gasteiger partial charge in [-0.05, 0) is 19.9 Å². The summed E-state index contributed by atoms with van der Waals surface area (Å²) in [6.45, 7) is 4.55. The minimum Gasteiger partial charge on any atom is -0.383 e. The average Bonchev–Trinajstić information content (AvgIpc) is 2.80. The molecule has 1 aromatic carbocycles. The van der Waals surface area contributed by atoms with E-state index in [-0.39, 0.29) is 0 Å². The van der Waals surface area contributed by atoms with Crippen LogP contribution in [0.4, 0.5) is 4.39 Å². The average molecular weight is 234 g/mol. The SMILES string of the molecule is CCn1cc(C(O)c2cc(C)ccc2F)cn1. The zero-order valence-corrected chi connectivity index (χ0v) is 9.89. The van der Waals surface area contributed by atoms with Crippen LogP contribution in [-0.4, -0.2) is 14.9 Å². The third-order valence-electron chi connectivity index (χ3n) is 2.74. The van der Waals surface area contributed by atoms with Gasteiger partial charge in [0.2, 0.25) is 0 Å². The fourth-order valence-electron chi connectivity index (χ4n) is 1.75. The van der Waals surface area contributed by atoms with Crippen molar-refractivity contribution in [3.63, 3.8) is 0 Å². The van der Waals surface area contributed by atoms with Crippen LogP contribution in [0.2, 0.25) is 0 Å². The molecule has 0 amide bonds. The van der Waals surface area contributed by atoms with Gasteiger partial charge in [0.15, 0.2) is 0 Å². The Bertz CT molecular complexity index is 522. The number of nitrogens with zero attached hydrogens (tertiary/aromatic N) is 2. The lowest BCUT2D eigenvalue weighted by Crippen LogP contribution is -2.02. The van der Waals surface area contributed by atoms with Crippen LogP contribution in [0.25, 0.3) is 0 Å². The molecule has 4 heteroatoms. The van der Waals surface area contributed by atoms with Gasteiger partial charge in [-0.25, -0.2) is 4.39 Å². The maximum Gasteiger partial charge on any atom is 0.129 e. The van der Waals surface area contributed by atoms with Gasteiger partial charge in [0.25, 0.3) is 0 Å². The number of aliphatic hydroxyl groups excluding tert-OH is 1. The number of hydrogen-bond acceptors (Lipinski definition) is 2. The van der Waals surface area contributed by atoms with Crippen LogP contribution < -0.4 is 0 Å². The monoisotopic (exact) mass is 234 g/mol. The molecule has 0 saturated carbocycles. The van der Waals surface area contributed by atoms with Gasteiger partial charge in [0.05, 0.1) is 6.20 Å². The van der Waals surface area contributed by atoms with Crippen molar-refractivity contribution in [1.82, 2.24) is 9.78 Å². The molecule has 17 heavy (non-hydrogen) atoms. The molecule has 0 fully saturated rings. The Balaban J connectivity index is 2.35. The van der Waals surface area contributed by atoms with Crippen molar-refractivity contribution in [3.05, 3.63) is 53.1 Å². The fraction of sp³-hybridized carbons (Fsp3) is 0.308. The van der Waals surface area contributed by atoms with Crippen molar-refractivity contribution < 1.29 is 9.50 Å². The number of benzene rings is 1. The molecule has 1 atom stereocenters. The van der Waals surface area contributed by atoms with Gasteiger partial charge in [0.1, 0.15) is 11.9 Å². The molecule has 1 heterocycles. The summed E-state index contributed by atoms with van der Waals surface area (Å²) in [4.78, 5) is 0. The molecule has 1 N–H and O–H groups in total. The number of aromatic nitrogens is 2. The largest absolute Gasteiger partial charge is 0.383 e. The summed E-state index contributed by atoms with van der Waals surface area (Å²) in [6.07, 6.45) is 2.33. The maximum atomic E-state index is 13.6. The lowest BCUT2D eigenvalue weighted by atomic mass is 10.0. The number of aliphatic hydroxyl groups is 1. The van der Waals surface area contributed by atoms with Crippen LogP contribution in [0.3, 0.4) is 0 Å². The fourth-order valence-corrected chi connectivity index (χ4v) is 1.75. The van der Waals surface area contributed by atoms with Crippen molar-refractivity contribution in [1.29, 1.82) is 0 Å². The van der Waals surface area contributed by atoms with E-state index in [2.05, 4.69) is 5.10 Å². The van der Waals surface area contributed by atoms with Crippen molar-refractivity contribution in [2.45, 2.75) is 26.5 Å². The van der Waals surface area contributed by atoms with Gasteiger partial charge < -0.3 is 5.11 Å². The highest BCUT2D eigenvalue weighted by atomic mass is 19.1. The predicted molar refractivity (Wildman–Crippen MR) is 63.1 cm³/mol. The molecule has 0 aliphatic rings. The zero-order valence-electron chi connectivity index (χ0n) is 9.89. The molecule has 0 bridgehead atoms. The molecular formula is C13H15FN2O. The van der Waals surface area contributed by atoms with E-state index in [0.717, 1.165) is 12.1 Å². The summed E-state index contributed by atoms with van der Waals surface area (Å²) in [5.74, 6) is -0.396. The first kappa shape index (κ1) is 11.8. The normalized spacial score (nSPS) is 12.7. The molecule has 1 unspecified atom stereocenters.